The van der Waals surface area contributed by atoms with Gasteiger partial charge in [-0.15, -0.1) is 0 Å². The monoisotopic (exact) mass is 363 g/mol. The Morgan fingerprint density at radius 2 is 1.63 bits per heavy atom. The Bertz CT molecular complexity index is 854. The molecule has 0 spiro atoms. The van der Waals surface area contributed by atoms with Crippen molar-refractivity contribution in [1.82, 2.24) is 4.90 Å². The van der Waals surface area contributed by atoms with Gasteiger partial charge in [0.15, 0.2) is 0 Å². The molecule has 5 nitrogen and oxygen atoms in total. The summed E-state index contributed by atoms with van der Waals surface area (Å²) in [7, 11) is 0. The number of anilines is 1. The third-order valence-electron chi connectivity index (χ3n) is 5.69. The van der Waals surface area contributed by atoms with E-state index in [-0.39, 0.29) is 11.9 Å². The molecule has 1 heterocycles. The molecule has 4 rings (SSSR count). The fourth-order valence-corrected chi connectivity index (χ4v) is 4.16. The number of nitrogens with zero attached hydrogens (tertiary/aromatic N) is 1. The zero-order valence-corrected chi connectivity index (χ0v) is 15.4. The molecular weight excluding hydrogens is 338 g/mol. The average Bonchev–Trinajstić information content (AvgIpc) is 3.31. The van der Waals surface area contributed by atoms with E-state index in [0.717, 1.165) is 27.9 Å². The number of nitrogens with one attached hydrogen (secondary N) is 1. The second-order valence-corrected chi connectivity index (χ2v) is 7.66. The molecule has 0 bridgehead atoms. The number of urea groups is 1. The number of hydrogen-bond donors (Lipinski definition) is 2. The molecule has 1 aliphatic carbocycles. The second-order valence-electron chi connectivity index (χ2n) is 7.66. The van der Waals surface area contributed by atoms with Crippen LogP contribution in [0.5, 0.6) is 0 Å². The van der Waals surface area contributed by atoms with Gasteiger partial charge in [0.05, 0.1) is 0 Å². The smallest absolute Gasteiger partial charge is 0.315 e. The van der Waals surface area contributed by atoms with Gasteiger partial charge in [0.2, 0.25) is 5.91 Å². The van der Waals surface area contributed by atoms with E-state index in [4.69, 9.17) is 5.73 Å². The lowest BCUT2D eigenvalue weighted by atomic mass is 10.0. The molecule has 2 aromatic carbocycles. The van der Waals surface area contributed by atoms with E-state index in [2.05, 4.69) is 23.5 Å². The lowest BCUT2D eigenvalue weighted by Crippen LogP contribution is -2.30. The maximum Gasteiger partial charge on any atom is 0.315 e. The van der Waals surface area contributed by atoms with Crippen molar-refractivity contribution in [2.45, 2.75) is 45.2 Å². The number of nitrogens with two attached hydrogens (primary N) is 1. The van der Waals surface area contributed by atoms with Crippen LogP contribution in [0, 0.1) is 5.92 Å². The summed E-state index contributed by atoms with van der Waals surface area (Å²) in [5, 5.41) is 3.01. The second kappa shape index (κ2) is 7.43. The lowest BCUT2D eigenvalue weighted by Gasteiger charge is -2.11. The maximum atomic E-state index is 12.2. The van der Waals surface area contributed by atoms with Crippen molar-refractivity contribution in [3.05, 3.63) is 53.6 Å². The van der Waals surface area contributed by atoms with E-state index in [1.54, 1.807) is 4.90 Å². The zero-order chi connectivity index (χ0) is 18.8. The SMILES string of the molecule is NC(=O)N1Cc2ccc(-c3ccc(NC(=O)CC4CCCC4)cc3)cc2C1. The highest BCUT2D eigenvalue weighted by atomic mass is 16.2. The van der Waals surface area contributed by atoms with E-state index < -0.39 is 0 Å². The van der Waals surface area contributed by atoms with Crippen LogP contribution < -0.4 is 11.1 Å². The van der Waals surface area contributed by atoms with Crippen LogP contribution in [0.15, 0.2) is 42.5 Å². The van der Waals surface area contributed by atoms with Gasteiger partial charge in [-0.2, -0.15) is 0 Å². The molecule has 0 saturated heterocycles. The minimum absolute atomic E-state index is 0.110. The quantitative estimate of drug-likeness (QED) is 0.851. The van der Waals surface area contributed by atoms with Gasteiger partial charge in [-0.3, -0.25) is 4.79 Å². The molecule has 0 unspecified atom stereocenters. The molecule has 0 radical (unpaired) electrons. The Balaban J connectivity index is 1.41. The highest BCUT2D eigenvalue weighted by Gasteiger charge is 2.22. The molecule has 2 aromatic rings. The van der Waals surface area contributed by atoms with E-state index in [0.29, 0.717) is 25.4 Å². The fourth-order valence-electron chi connectivity index (χ4n) is 4.16. The van der Waals surface area contributed by atoms with Gasteiger partial charge < -0.3 is 16.0 Å². The number of carbonyl (C=O) groups excluding carboxylic acids is 2. The molecule has 0 aromatic heterocycles. The fraction of sp³-hybridized carbons (Fsp3) is 0.364. The Labute approximate surface area is 159 Å². The summed E-state index contributed by atoms with van der Waals surface area (Å²) in [4.78, 5) is 25.2. The Morgan fingerprint density at radius 3 is 2.33 bits per heavy atom. The molecule has 5 heteroatoms. The minimum atomic E-state index is -0.384. The van der Waals surface area contributed by atoms with Crippen LogP contribution in [0.4, 0.5) is 10.5 Å². The lowest BCUT2D eigenvalue weighted by molar-refractivity contribution is -0.117. The van der Waals surface area contributed by atoms with E-state index in [1.807, 2.05) is 24.3 Å². The summed E-state index contributed by atoms with van der Waals surface area (Å²) in [5.74, 6) is 0.661. The van der Waals surface area contributed by atoms with Crippen LogP contribution in [0.25, 0.3) is 11.1 Å². The molecule has 1 fully saturated rings. The number of carbonyl (C=O) groups is 2. The van der Waals surface area contributed by atoms with Crippen LogP contribution in [-0.2, 0) is 17.9 Å². The van der Waals surface area contributed by atoms with Gasteiger partial charge >= 0.3 is 6.03 Å². The van der Waals surface area contributed by atoms with Crippen LogP contribution in [-0.4, -0.2) is 16.8 Å². The van der Waals surface area contributed by atoms with Crippen LogP contribution in [0.3, 0.4) is 0 Å². The van der Waals surface area contributed by atoms with Gasteiger partial charge in [-0.25, -0.2) is 4.79 Å². The average molecular weight is 363 g/mol. The summed E-state index contributed by atoms with van der Waals surface area (Å²) < 4.78 is 0. The number of primary amides is 1. The van der Waals surface area contributed by atoms with Crippen molar-refractivity contribution in [2.75, 3.05) is 5.32 Å². The van der Waals surface area contributed by atoms with E-state index >= 15 is 0 Å². The third kappa shape index (κ3) is 3.97. The number of hydrogen-bond acceptors (Lipinski definition) is 2. The number of rotatable bonds is 4. The van der Waals surface area contributed by atoms with Crippen LogP contribution >= 0.6 is 0 Å². The van der Waals surface area contributed by atoms with Gasteiger partial charge in [0.1, 0.15) is 0 Å². The van der Waals surface area contributed by atoms with Crippen molar-refractivity contribution in [3.8, 4) is 11.1 Å². The van der Waals surface area contributed by atoms with Gasteiger partial charge in [-0.05, 0) is 59.2 Å². The highest BCUT2D eigenvalue weighted by Crippen LogP contribution is 2.30. The molecule has 140 valence electrons. The van der Waals surface area contributed by atoms with Gasteiger partial charge in [0.25, 0.3) is 0 Å². The van der Waals surface area contributed by atoms with Crippen LogP contribution in [0.2, 0.25) is 0 Å². The summed E-state index contributed by atoms with van der Waals surface area (Å²) >= 11 is 0. The molecular formula is C22H25N3O2. The summed E-state index contributed by atoms with van der Waals surface area (Å²) in [6.07, 6.45) is 5.49. The predicted octanol–water partition coefficient (Wildman–Crippen LogP) is 4.27. The molecule has 3 N–H and O–H groups in total. The van der Waals surface area contributed by atoms with Crippen molar-refractivity contribution in [2.24, 2.45) is 11.7 Å². The first-order valence-electron chi connectivity index (χ1n) is 9.65. The van der Waals surface area contributed by atoms with E-state index in [9.17, 15) is 9.59 Å². The molecule has 2 aliphatic rings. The molecule has 1 aliphatic heterocycles. The largest absolute Gasteiger partial charge is 0.351 e. The summed E-state index contributed by atoms with van der Waals surface area (Å²) in [6.45, 7) is 1.14. The first kappa shape index (κ1) is 17.6. The number of benzene rings is 2. The normalized spacial score (nSPS) is 16.4. The molecule has 3 amide bonds. The Kier molecular flexibility index (Phi) is 4.84. The molecule has 27 heavy (non-hydrogen) atoms. The summed E-state index contributed by atoms with van der Waals surface area (Å²) in [5.41, 5.74) is 10.7. The Morgan fingerprint density at radius 1 is 0.963 bits per heavy atom. The van der Waals surface area contributed by atoms with Crippen molar-refractivity contribution >= 4 is 17.6 Å². The standard InChI is InChI=1S/C22H25N3O2/c23-22(27)25-13-18-6-5-17(12-19(18)14-25)16-7-9-20(10-8-16)24-21(26)11-15-3-1-2-4-15/h5-10,12,15H,1-4,11,13-14H2,(H2,23,27)(H,24,26). The third-order valence-corrected chi connectivity index (χ3v) is 5.69. The van der Waals surface area contributed by atoms with Crippen LogP contribution in [0.1, 0.15) is 43.2 Å². The molecule has 1 saturated carbocycles. The highest BCUT2D eigenvalue weighted by molar-refractivity contribution is 5.91. The Hall–Kier alpha value is -2.82. The number of fused-ring (bicyclic) bond motifs is 1. The van der Waals surface area contributed by atoms with Crippen molar-refractivity contribution in [1.29, 1.82) is 0 Å². The van der Waals surface area contributed by atoms with Crippen molar-refractivity contribution < 1.29 is 9.59 Å². The summed E-state index contributed by atoms with van der Waals surface area (Å²) in [6, 6.07) is 13.8. The topological polar surface area (TPSA) is 75.4 Å². The number of amides is 3. The first-order chi connectivity index (χ1) is 13.1. The zero-order valence-electron chi connectivity index (χ0n) is 15.4. The van der Waals surface area contributed by atoms with Gasteiger partial charge in [0, 0.05) is 25.2 Å². The van der Waals surface area contributed by atoms with Crippen molar-refractivity contribution in [3.63, 3.8) is 0 Å². The van der Waals surface area contributed by atoms with Gasteiger partial charge in [-0.1, -0.05) is 37.1 Å². The first-order valence-corrected chi connectivity index (χ1v) is 9.65. The molecule has 0 atom stereocenters. The maximum absolute atomic E-state index is 12.2. The minimum Gasteiger partial charge on any atom is -0.351 e. The van der Waals surface area contributed by atoms with E-state index in [1.165, 1.54) is 25.7 Å². The predicted molar refractivity (Wildman–Crippen MR) is 106 cm³/mol.